The van der Waals surface area contributed by atoms with Gasteiger partial charge in [-0.3, -0.25) is 19.1 Å². The van der Waals surface area contributed by atoms with Crippen LogP contribution >= 0.6 is 0 Å². The minimum atomic E-state index is -0.0390. The first-order chi connectivity index (χ1) is 11.5. The van der Waals surface area contributed by atoms with Gasteiger partial charge in [0.2, 0.25) is 5.91 Å². The number of anilines is 1. The minimum absolute atomic E-state index is 0.0363. The quantitative estimate of drug-likeness (QED) is 0.882. The molecule has 0 aromatic carbocycles. The lowest BCUT2D eigenvalue weighted by atomic mass is 10.1. The second kappa shape index (κ2) is 7.14. The lowest BCUT2D eigenvalue weighted by molar-refractivity contribution is -0.119. The Balaban J connectivity index is 1.56. The molecule has 1 fully saturated rings. The third-order valence-electron chi connectivity index (χ3n) is 4.14. The van der Waals surface area contributed by atoms with Gasteiger partial charge in [0.1, 0.15) is 5.82 Å². The monoisotopic (exact) mass is 332 g/mol. The Labute approximate surface area is 141 Å². The Morgan fingerprint density at radius 1 is 1.50 bits per heavy atom. The van der Waals surface area contributed by atoms with E-state index in [1.165, 1.54) is 0 Å². The first-order valence-corrected chi connectivity index (χ1v) is 8.22. The highest BCUT2D eigenvalue weighted by atomic mass is 16.5. The fourth-order valence-electron chi connectivity index (χ4n) is 2.88. The number of ether oxygens (including phenoxy) is 1. The normalized spacial score (nSPS) is 18.7. The van der Waals surface area contributed by atoms with Crippen LogP contribution in [0.5, 0.6) is 0 Å². The van der Waals surface area contributed by atoms with Crippen LogP contribution in [0.15, 0.2) is 18.5 Å². The van der Waals surface area contributed by atoms with E-state index in [9.17, 15) is 4.79 Å². The summed E-state index contributed by atoms with van der Waals surface area (Å²) >= 11 is 0. The Hall–Kier alpha value is -2.19. The Morgan fingerprint density at radius 3 is 3.00 bits per heavy atom. The van der Waals surface area contributed by atoms with Crippen molar-refractivity contribution in [3.8, 4) is 0 Å². The van der Waals surface area contributed by atoms with Gasteiger partial charge in [0, 0.05) is 44.5 Å². The van der Waals surface area contributed by atoms with Crippen molar-refractivity contribution >= 4 is 11.7 Å². The molecule has 1 aliphatic heterocycles. The zero-order valence-corrected chi connectivity index (χ0v) is 14.4. The highest BCUT2D eigenvalue weighted by molar-refractivity contribution is 5.91. The smallest absolute Gasteiger partial charge is 0.239 e. The number of carbonyl (C=O) groups is 1. The summed E-state index contributed by atoms with van der Waals surface area (Å²) in [4.78, 5) is 14.4. The van der Waals surface area contributed by atoms with E-state index in [1.54, 1.807) is 4.68 Å². The average Bonchev–Trinajstić information content (AvgIpc) is 3.14. The van der Waals surface area contributed by atoms with Crippen LogP contribution in [0.25, 0.3) is 0 Å². The van der Waals surface area contributed by atoms with Crippen LogP contribution < -0.4 is 5.32 Å². The van der Waals surface area contributed by atoms with Crippen molar-refractivity contribution in [3.63, 3.8) is 0 Å². The molecule has 3 heterocycles. The molecular weight excluding hydrogens is 308 g/mol. The number of nitrogens with one attached hydrogen (secondary N) is 1. The molecule has 0 radical (unpaired) electrons. The molecule has 8 nitrogen and oxygen atoms in total. The van der Waals surface area contributed by atoms with Crippen molar-refractivity contribution in [1.82, 2.24) is 24.5 Å². The van der Waals surface area contributed by atoms with Crippen molar-refractivity contribution in [2.45, 2.75) is 26.5 Å². The molecule has 3 rings (SSSR count). The highest BCUT2D eigenvalue weighted by Gasteiger charge is 2.24. The fourth-order valence-corrected chi connectivity index (χ4v) is 2.88. The number of rotatable bonds is 5. The fraction of sp³-hybridized carbons (Fsp3) is 0.562. The summed E-state index contributed by atoms with van der Waals surface area (Å²) in [5.41, 5.74) is 1.94. The molecule has 8 heteroatoms. The summed E-state index contributed by atoms with van der Waals surface area (Å²) in [5.74, 6) is 0.675. The molecule has 24 heavy (non-hydrogen) atoms. The van der Waals surface area contributed by atoms with Gasteiger partial charge in [0.15, 0.2) is 0 Å². The predicted octanol–water partition coefficient (Wildman–Crippen LogP) is 0.957. The maximum atomic E-state index is 12.3. The molecule has 1 saturated heterocycles. The maximum Gasteiger partial charge on any atom is 0.239 e. The van der Waals surface area contributed by atoms with Crippen molar-refractivity contribution < 1.29 is 9.53 Å². The molecule has 0 bridgehead atoms. The van der Waals surface area contributed by atoms with E-state index in [0.717, 1.165) is 24.3 Å². The van der Waals surface area contributed by atoms with Crippen molar-refractivity contribution in [2.75, 3.05) is 31.6 Å². The lowest BCUT2D eigenvalue weighted by Gasteiger charge is -2.31. The molecular formula is C16H24N6O2. The van der Waals surface area contributed by atoms with Gasteiger partial charge >= 0.3 is 0 Å². The van der Waals surface area contributed by atoms with E-state index in [-0.39, 0.29) is 12.0 Å². The largest absolute Gasteiger partial charge is 0.371 e. The van der Waals surface area contributed by atoms with Crippen molar-refractivity contribution in [1.29, 1.82) is 0 Å². The van der Waals surface area contributed by atoms with Gasteiger partial charge in [-0.2, -0.15) is 10.2 Å². The first kappa shape index (κ1) is 16.7. The first-order valence-electron chi connectivity index (χ1n) is 8.22. The molecule has 130 valence electrons. The molecule has 0 unspecified atom stereocenters. The number of aromatic nitrogens is 4. The van der Waals surface area contributed by atoms with E-state index in [0.29, 0.717) is 25.5 Å². The third-order valence-corrected chi connectivity index (χ3v) is 4.14. The minimum Gasteiger partial charge on any atom is -0.371 e. The van der Waals surface area contributed by atoms with Gasteiger partial charge in [-0.1, -0.05) is 0 Å². The van der Waals surface area contributed by atoms with E-state index in [4.69, 9.17) is 4.74 Å². The van der Waals surface area contributed by atoms with Gasteiger partial charge in [-0.25, -0.2) is 0 Å². The third kappa shape index (κ3) is 3.82. The highest BCUT2D eigenvalue weighted by Crippen LogP contribution is 2.21. The lowest BCUT2D eigenvalue weighted by Crippen LogP contribution is -2.42. The van der Waals surface area contributed by atoms with Crippen LogP contribution in [-0.4, -0.2) is 56.6 Å². The predicted molar refractivity (Wildman–Crippen MR) is 89.6 cm³/mol. The Bertz CT molecular complexity index is 707. The van der Waals surface area contributed by atoms with E-state index in [1.807, 2.05) is 37.1 Å². The number of amides is 1. The number of aryl methyl sites for hydroxylation is 3. The van der Waals surface area contributed by atoms with Gasteiger partial charge in [0.05, 0.1) is 31.1 Å². The van der Waals surface area contributed by atoms with Crippen LogP contribution in [0.3, 0.4) is 0 Å². The van der Waals surface area contributed by atoms with Gasteiger partial charge in [0.25, 0.3) is 0 Å². The molecule has 1 atom stereocenters. The summed E-state index contributed by atoms with van der Waals surface area (Å²) in [6.45, 7) is 7.17. The number of hydrogen-bond donors (Lipinski definition) is 1. The van der Waals surface area contributed by atoms with Crippen molar-refractivity contribution in [3.05, 3.63) is 29.7 Å². The Morgan fingerprint density at radius 2 is 2.33 bits per heavy atom. The molecule has 1 N–H and O–H groups in total. The van der Waals surface area contributed by atoms with Gasteiger partial charge in [-0.05, 0) is 13.8 Å². The van der Waals surface area contributed by atoms with Crippen LogP contribution in [0.2, 0.25) is 0 Å². The summed E-state index contributed by atoms with van der Waals surface area (Å²) in [5, 5.41) is 11.4. The second-order valence-corrected chi connectivity index (χ2v) is 6.07. The van der Waals surface area contributed by atoms with Crippen molar-refractivity contribution in [2.24, 2.45) is 7.05 Å². The van der Waals surface area contributed by atoms with Crippen LogP contribution in [0.1, 0.15) is 24.3 Å². The maximum absolute atomic E-state index is 12.3. The van der Waals surface area contributed by atoms with Crippen LogP contribution in [0.4, 0.5) is 5.82 Å². The van der Waals surface area contributed by atoms with E-state index in [2.05, 4.69) is 27.3 Å². The standard InChI is InChI=1S/C16H24N6O2/c1-4-22-9-13(8-17-22)14-10-21(5-6-24-14)11-16(23)18-15-7-12(2)19-20(15)3/h7-9,14H,4-6,10-11H2,1-3H3,(H,18,23)/t14-/m0/s1. The molecule has 1 amide bonds. The van der Waals surface area contributed by atoms with Crippen LogP contribution in [0, 0.1) is 6.92 Å². The zero-order chi connectivity index (χ0) is 17.1. The average molecular weight is 332 g/mol. The second-order valence-electron chi connectivity index (χ2n) is 6.07. The summed E-state index contributed by atoms with van der Waals surface area (Å²) < 4.78 is 9.39. The van der Waals surface area contributed by atoms with Gasteiger partial charge < -0.3 is 10.1 Å². The molecule has 0 saturated carbocycles. The molecule has 2 aromatic rings. The molecule has 0 spiro atoms. The summed E-state index contributed by atoms with van der Waals surface area (Å²) in [6, 6.07) is 1.86. The number of nitrogens with zero attached hydrogens (tertiary/aromatic N) is 5. The SMILES string of the molecule is CCn1cc([C@@H]2CN(CC(=O)Nc3cc(C)nn3C)CCO2)cn1. The summed E-state index contributed by atoms with van der Waals surface area (Å²) in [7, 11) is 1.82. The van der Waals surface area contributed by atoms with Gasteiger partial charge in [-0.15, -0.1) is 0 Å². The molecule has 0 aliphatic carbocycles. The van der Waals surface area contributed by atoms with Crippen LogP contribution in [-0.2, 0) is 23.1 Å². The number of morpholine rings is 1. The molecule has 1 aliphatic rings. The zero-order valence-electron chi connectivity index (χ0n) is 14.4. The van der Waals surface area contributed by atoms with E-state index < -0.39 is 0 Å². The topological polar surface area (TPSA) is 77.2 Å². The Kier molecular flexibility index (Phi) is 4.96. The summed E-state index contributed by atoms with van der Waals surface area (Å²) in [6.07, 6.45) is 3.81. The number of hydrogen-bond acceptors (Lipinski definition) is 5. The molecule has 2 aromatic heterocycles. The number of carbonyl (C=O) groups excluding carboxylic acids is 1. The van der Waals surface area contributed by atoms with E-state index >= 15 is 0 Å².